The van der Waals surface area contributed by atoms with Crippen LogP contribution in [0.4, 0.5) is 4.39 Å². The molecule has 29 heavy (non-hydrogen) atoms. The molecule has 1 saturated heterocycles. The number of piperidine rings is 1. The lowest BCUT2D eigenvalue weighted by Crippen LogP contribution is -2.45. The van der Waals surface area contributed by atoms with Crippen molar-refractivity contribution in [3.63, 3.8) is 0 Å². The van der Waals surface area contributed by atoms with Gasteiger partial charge < -0.3 is 5.32 Å². The van der Waals surface area contributed by atoms with Gasteiger partial charge in [-0.2, -0.15) is 0 Å². The van der Waals surface area contributed by atoms with Gasteiger partial charge in [-0.1, -0.05) is 41.9 Å². The third-order valence-electron chi connectivity index (χ3n) is 6.16. The van der Waals surface area contributed by atoms with Crippen molar-refractivity contribution < 1.29 is 9.18 Å². The first-order chi connectivity index (χ1) is 14.0. The molecule has 0 spiro atoms. The van der Waals surface area contributed by atoms with Crippen molar-refractivity contribution in [2.75, 3.05) is 19.6 Å². The van der Waals surface area contributed by atoms with Gasteiger partial charge in [0, 0.05) is 31.2 Å². The summed E-state index contributed by atoms with van der Waals surface area (Å²) in [6.07, 6.45) is 3.24. The van der Waals surface area contributed by atoms with E-state index >= 15 is 0 Å². The Morgan fingerprint density at radius 1 is 1.21 bits per heavy atom. The average Bonchev–Trinajstić information content (AvgIpc) is 3.54. The second-order valence-corrected chi connectivity index (χ2v) is 9.02. The maximum absolute atomic E-state index is 13.8. The van der Waals surface area contributed by atoms with Crippen LogP contribution in [0.25, 0.3) is 0 Å². The maximum atomic E-state index is 13.8. The Bertz CT molecular complexity index is 883. The third-order valence-corrected chi connectivity index (χ3v) is 6.53. The molecule has 3 nitrogen and oxygen atoms in total. The number of halogens is 2. The van der Waals surface area contributed by atoms with Crippen LogP contribution in [0, 0.1) is 24.6 Å². The highest BCUT2D eigenvalue weighted by molar-refractivity contribution is 6.31. The van der Waals surface area contributed by atoms with Crippen LogP contribution in [0.5, 0.6) is 0 Å². The molecule has 2 aromatic carbocycles. The van der Waals surface area contributed by atoms with Crippen LogP contribution >= 0.6 is 11.6 Å². The molecule has 1 heterocycles. The van der Waals surface area contributed by atoms with Crippen molar-refractivity contribution in [2.24, 2.45) is 11.8 Å². The Kier molecular flexibility index (Phi) is 6.21. The van der Waals surface area contributed by atoms with Gasteiger partial charge in [0.2, 0.25) is 5.91 Å². The molecular formula is C24H28ClFN2O. The topological polar surface area (TPSA) is 32.3 Å². The molecule has 1 amide bonds. The monoisotopic (exact) mass is 414 g/mol. The van der Waals surface area contributed by atoms with E-state index in [4.69, 9.17) is 11.6 Å². The summed E-state index contributed by atoms with van der Waals surface area (Å²) >= 11 is 6.38. The second kappa shape index (κ2) is 8.85. The maximum Gasteiger partial charge on any atom is 0.224 e. The average molecular weight is 415 g/mol. The van der Waals surface area contributed by atoms with Gasteiger partial charge in [0.1, 0.15) is 5.82 Å². The van der Waals surface area contributed by atoms with Crippen molar-refractivity contribution >= 4 is 17.5 Å². The standard InChI is InChI=1S/C24H28ClFN2O/c1-16-10-18(8-9-23(16)26)20-11-21(24(29)27-12-17-6-7-17)15-28(14-20)13-19-4-2-3-5-22(19)25/h2-5,8-10,17,20-21H,6-7,11-15H2,1H3,(H,27,29)/t20-,21+/m1/s1. The van der Waals surface area contributed by atoms with Crippen LogP contribution < -0.4 is 5.32 Å². The molecule has 1 saturated carbocycles. The number of carbonyl (C=O) groups excluding carboxylic acids is 1. The fourth-order valence-electron chi connectivity index (χ4n) is 4.25. The van der Waals surface area contributed by atoms with E-state index in [1.807, 2.05) is 36.4 Å². The molecule has 4 rings (SSSR count). The van der Waals surface area contributed by atoms with E-state index in [1.54, 1.807) is 13.0 Å². The minimum Gasteiger partial charge on any atom is -0.356 e. The van der Waals surface area contributed by atoms with Gasteiger partial charge in [-0.05, 0) is 66.8 Å². The van der Waals surface area contributed by atoms with Crippen LogP contribution in [-0.4, -0.2) is 30.4 Å². The fraction of sp³-hybridized carbons (Fsp3) is 0.458. The van der Waals surface area contributed by atoms with Gasteiger partial charge in [0.25, 0.3) is 0 Å². The Balaban J connectivity index is 1.52. The van der Waals surface area contributed by atoms with E-state index in [2.05, 4.69) is 10.2 Å². The number of aryl methyl sites for hydroxylation is 1. The molecule has 0 radical (unpaired) electrons. The Morgan fingerprint density at radius 3 is 2.72 bits per heavy atom. The first-order valence-corrected chi connectivity index (χ1v) is 10.9. The largest absolute Gasteiger partial charge is 0.356 e. The van der Waals surface area contributed by atoms with Crippen LogP contribution in [0.1, 0.15) is 41.9 Å². The van der Waals surface area contributed by atoms with Crippen molar-refractivity contribution in [3.05, 3.63) is 70.0 Å². The van der Waals surface area contributed by atoms with Gasteiger partial charge in [0.05, 0.1) is 5.92 Å². The van der Waals surface area contributed by atoms with Gasteiger partial charge in [-0.25, -0.2) is 4.39 Å². The van der Waals surface area contributed by atoms with Crippen molar-refractivity contribution in [3.8, 4) is 0 Å². The van der Waals surface area contributed by atoms with Crippen molar-refractivity contribution in [2.45, 2.75) is 38.6 Å². The summed E-state index contributed by atoms with van der Waals surface area (Å²) in [4.78, 5) is 15.2. The molecule has 2 atom stereocenters. The fourth-order valence-corrected chi connectivity index (χ4v) is 4.45. The summed E-state index contributed by atoms with van der Waals surface area (Å²) < 4.78 is 13.8. The van der Waals surface area contributed by atoms with E-state index in [1.165, 1.54) is 12.8 Å². The zero-order chi connectivity index (χ0) is 20.4. The van der Waals surface area contributed by atoms with Crippen LogP contribution in [0.2, 0.25) is 5.02 Å². The molecule has 2 fully saturated rings. The highest BCUT2D eigenvalue weighted by Crippen LogP contribution is 2.33. The predicted molar refractivity (Wildman–Crippen MR) is 114 cm³/mol. The molecule has 5 heteroatoms. The number of hydrogen-bond acceptors (Lipinski definition) is 2. The molecule has 1 aliphatic carbocycles. The molecule has 0 aromatic heterocycles. The SMILES string of the molecule is Cc1cc([C@@H]2C[C@H](C(=O)NCC3CC3)CN(Cc3ccccc3Cl)C2)ccc1F. The number of rotatable bonds is 6. The van der Waals surface area contributed by atoms with E-state index in [-0.39, 0.29) is 23.6 Å². The van der Waals surface area contributed by atoms with E-state index < -0.39 is 0 Å². The number of nitrogens with zero attached hydrogens (tertiary/aromatic N) is 1. The number of amides is 1. The van der Waals surface area contributed by atoms with Crippen LogP contribution in [0.15, 0.2) is 42.5 Å². The number of likely N-dealkylation sites (tertiary alicyclic amines) is 1. The van der Waals surface area contributed by atoms with Gasteiger partial charge in [0.15, 0.2) is 0 Å². The van der Waals surface area contributed by atoms with Gasteiger partial charge in [-0.3, -0.25) is 9.69 Å². The molecule has 154 valence electrons. The minimum atomic E-state index is -0.184. The Morgan fingerprint density at radius 2 is 2.00 bits per heavy atom. The molecule has 1 N–H and O–H groups in total. The summed E-state index contributed by atoms with van der Waals surface area (Å²) in [5, 5.41) is 3.90. The van der Waals surface area contributed by atoms with Crippen LogP contribution in [0.3, 0.4) is 0 Å². The molecule has 0 bridgehead atoms. The van der Waals surface area contributed by atoms with Crippen molar-refractivity contribution in [1.29, 1.82) is 0 Å². The Hall–Kier alpha value is -1.91. The molecular weight excluding hydrogens is 387 g/mol. The minimum absolute atomic E-state index is 0.0691. The van der Waals surface area contributed by atoms with E-state index in [9.17, 15) is 9.18 Å². The number of nitrogens with one attached hydrogen (secondary N) is 1. The predicted octanol–water partition coefficient (Wildman–Crippen LogP) is 4.92. The number of hydrogen-bond donors (Lipinski definition) is 1. The lowest BCUT2D eigenvalue weighted by Gasteiger charge is -2.37. The zero-order valence-corrected chi connectivity index (χ0v) is 17.6. The lowest BCUT2D eigenvalue weighted by atomic mass is 9.83. The lowest BCUT2D eigenvalue weighted by molar-refractivity contribution is -0.127. The molecule has 2 aromatic rings. The number of carbonyl (C=O) groups is 1. The molecule has 2 aliphatic rings. The summed E-state index contributed by atoms with van der Waals surface area (Å²) in [6, 6.07) is 13.2. The van der Waals surface area contributed by atoms with Gasteiger partial charge in [-0.15, -0.1) is 0 Å². The highest BCUT2D eigenvalue weighted by atomic mass is 35.5. The quantitative estimate of drug-likeness (QED) is 0.727. The van der Waals surface area contributed by atoms with E-state index in [0.29, 0.717) is 18.0 Å². The van der Waals surface area contributed by atoms with E-state index in [0.717, 1.165) is 42.2 Å². The van der Waals surface area contributed by atoms with Gasteiger partial charge >= 0.3 is 0 Å². The first kappa shape index (κ1) is 20.4. The molecule has 1 aliphatic heterocycles. The summed E-state index contributed by atoms with van der Waals surface area (Å²) in [5.74, 6) is 0.751. The van der Waals surface area contributed by atoms with Crippen LogP contribution in [-0.2, 0) is 11.3 Å². The smallest absolute Gasteiger partial charge is 0.224 e. The number of benzene rings is 2. The summed E-state index contributed by atoms with van der Waals surface area (Å²) in [5.41, 5.74) is 2.83. The third kappa shape index (κ3) is 5.18. The molecule has 0 unspecified atom stereocenters. The zero-order valence-electron chi connectivity index (χ0n) is 16.8. The summed E-state index contributed by atoms with van der Waals surface area (Å²) in [7, 11) is 0. The Labute approximate surface area is 177 Å². The first-order valence-electron chi connectivity index (χ1n) is 10.5. The highest BCUT2D eigenvalue weighted by Gasteiger charge is 2.33. The van der Waals surface area contributed by atoms with Crippen molar-refractivity contribution in [1.82, 2.24) is 10.2 Å². The second-order valence-electron chi connectivity index (χ2n) is 8.61. The normalized spacial score (nSPS) is 22.4. The summed E-state index contributed by atoms with van der Waals surface area (Å²) in [6.45, 7) is 4.85.